The minimum absolute atomic E-state index is 0.0122. The number of carbonyl (C=O) groups excluding carboxylic acids is 16. The molecule has 1 aliphatic heterocycles. The summed E-state index contributed by atoms with van der Waals surface area (Å²) in [7, 11) is 0. The molecule has 7 rings (SSSR count). The number of H-pyrrole nitrogens is 1. The molecular formula is C76H106N14O22. The number of cyclic esters (lactones) is 1. The van der Waals surface area contributed by atoms with Gasteiger partial charge in [0.25, 0.3) is 0 Å². The number of aliphatic hydroxyl groups excluding tert-OH is 1. The first-order valence-corrected chi connectivity index (χ1v) is 37.7. The third-order valence-electron chi connectivity index (χ3n) is 21.2. The Morgan fingerprint density at radius 3 is 1.89 bits per heavy atom. The molecule has 0 radical (unpaired) electrons. The number of rotatable bonds is 28. The van der Waals surface area contributed by atoms with E-state index in [2.05, 4.69) is 65.1 Å². The summed E-state index contributed by atoms with van der Waals surface area (Å²) in [6.07, 6.45) is 2.69. The van der Waals surface area contributed by atoms with Crippen molar-refractivity contribution in [3.05, 3.63) is 65.9 Å². The summed E-state index contributed by atoms with van der Waals surface area (Å²) in [6, 6.07) is -2.24. The van der Waals surface area contributed by atoms with Crippen LogP contribution >= 0.6 is 0 Å². The van der Waals surface area contributed by atoms with Gasteiger partial charge in [-0.1, -0.05) is 77.3 Å². The second-order valence-electron chi connectivity index (χ2n) is 29.8. The lowest BCUT2D eigenvalue weighted by molar-refractivity contribution is -0.155. The fourth-order valence-electron chi connectivity index (χ4n) is 14.3. The van der Waals surface area contributed by atoms with E-state index in [0.717, 1.165) is 68.8 Å². The highest BCUT2D eigenvalue weighted by Crippen LogP contribution is 2.59. The number of amides is 11. The lowest BCUT2D eigenvalue weighted by atomic mass is 9.52. The SMILES string of the molecule is CCCCCC12CCC(C(=O)N[C@@H](Cc3c[nH]c4ccccc34)C(=O)N[C@H](CC(N)=O)C(=O)C[C@@H](C)C(=O)N[C@@H]3C(=O)NCC(=O)N[C@@H](CCCN)C(=O)N[C@@H](CC(=O)O)C(=O)C[C@H](C)C(=O)N[C@@H](C)C(=O)NCC(=O)N[C@H](CO)C(=O)C[C@@H]([C@H](C)CC(=O)O)C(=O)N[C@@H](C(=O)c4ccccc4N)C(=O)O[C@@H]3C)(CC1)CC2. The van der Waals surface area contributed by atoms with E-state index in [4.69, 9.17) is 21.9 Å². The number of unbranched alkanes of at least 4 members (excludes halogenated alkanes) is 2. The zero-order valence-corrected chi connectivity index (χ0v) is 63.8. The summed E-state index contributed by atoms with van der Waals surface area (Å²) in [5.74, 6) is -26.8. The largest absolute Gasteiger partial charge is 0.481 e. The number of benzene rings is 2. The molecule has 3 saturated carbocycles. The number of Topliss-reactive ketones (excluding diaryl/α,β-unsaturated/α-hetero) is 4. The number of hydrogen-bond donors (Lipinski definition) is 17. The van der Waals surface area contributed by atoms with Gasteiger partial charge in [-0.15, -0.1) is 0 Å². The third kappa shape index (κ3) is 25.5. The van der Waals surface area contributed by atoms with E-state index in [0.29, 0.717) is 24.8 Å². The van der Waals surface area contributed by atoms with Crippen molar-refractivity contribution < 1.29 is 106 Å². The zero-order chi connectivity index (χ0) is 82.9. The molecule has 2 bridgehead atoms. The fraction of sp³-hybridized carbons (Fsp3) is 0.579. The number of hydrogen-bond acceptors (Lipinski definition) is 22. The summed E-state index contributed by atoms with van der Waals surface area (Å²) in [6.45, 7) is 4.73. The molecule has 2 aromatic carbocycles. The van der Waals surface area contributed by atoms with Crippen molar-refractivity contribution in [3.8, 4) is 0 Å². The minimum atomic E-state index is -2.53. The van der Waals surface area contributed by atoms with E-state index < -0.39 is 247 Å². The average molecular weight is 1570 g/mol. The molecule has 1 aromatic heterocycles. The van der Waals surface area contributed by atoms with E-state index in [1.165, 1.54) is 45.9 Å². The lowest BCUT2D eigenvalue weighted by Gasteiger charge is -2.53. The van der Waals surface area contributed by atoms with Crippen LogP contribution in [0.2, 0.25) is 0 Å². The highest BCUT2D eigenvalue weighted by atomic mass is 16.5. The molecule has 612 valence electrons. The van der Waals surface area contributed by atoms with Gasteiger partial charge in [-0.2, -0.15) is 0 Å². The van der Waals surface area contributed by atoms with Gasteiger partial charge < -0.3 is 95.4 Å². The Kier molecular flexibility index (Phi) is 33.6. The molecule has 0 spiro atoms. The van der Waals surface area contributed by atoms with E-state index in [1.807, 2.05) is 12.1 Å². The standard InChI is InChI=1S/C76H106N14O22/c1-7-8-13-20-75-21-24-76(25-22-75,26-23-75)74(111)88-53(31-44-35-80-49-18-12-10-15-45(44)49)71(108)86-51(33-58(79)95)55(92)29-41(4)67(104)89-63-43(6)112-73(110)64(65(102)46-16-9-11-17-48(46)78)90-69(106)47(39(2)30-61(98)99)32-57(94)54(38-91)85-60(97)36-81-68(105)42(5)83-66(103)40(3)28-56(93)52(34-62(100)101)87-70(107)50(19-14-27-77)84-59(96)37-82-72(63)109/h9-12,15-18,35,39-43,47,50-54,63-64,80,91H,7-8,13-14,19-34,36-38,77-78H2,1-6H3,(H2,79,95)(H,81,105)(H,82,109)(H,83,103)(H,84,96)(H,85,97)(H,86,108)(H,87,107)(H,88,111)(H,89,104)(H,90,106)(H,98,99)(H,100,101)/t39-,40+,41-,42+,43-,47+,50+,51-,52+,53+,54-,63+,64+,75?,76?/m1/s1. The molecule has 3 aromatic rings. The van der Waals surface area contributed by atoms with Gasteiger partial charge in [0.05, 0.1) is 44.6 Å². The Labute approximate surface area is 646 Å². The van der Waals surface area contributed by atoms with Gasteiger partial charge in [0, 0.05) is 83.6 Å². The van der Waals surface area contributed by atoms with Crippen LogP contribution in [0.4, 0.5) is 5.69 Å². The summed E-state index contributed by atoms with van der Waals surface area (Å²) >= 11 is 0. The number of carboxylic acid groups (broad SMARTS) is 2. The molecule has 1 saturated heterocycles. The Morgan fingerprint density at radius 1 is 0.652 bits per heavy atom. The number of nitrogens with two attached hydrogens (primary N) is 3. The number of nitrogen functional groups attached to an aromatic ring is 1. The van der Waals surface area contributed by atoms with Crippen molar-refractivity contribution in [2.75, 3.05) is 32.0 Å². The van der Waals surface area contributed by atoms with Gasteiger partial charge in [-0.25, -0.2) is 4.79 Å². The number of ether oxygens (including phenoxy) is 1. The highest BCUT2D eigenvalue weighted by molar-refractivity contribution is 6.16. The molecule has 11 amide bonds. The summed E-state index contributed by atoms with van der Waals surface area (Å²) in [4.78, 5) is 253. The highest BCUT2D eigenvalue weighted by Gasteiger charge is 2.53. The van der Waals surface area contributed by atoms with Gasteiger partial charge in [0.2, 0.25) is 65.0 Å². The second-order valence-corrected chi connectivity index (χ2v) is 29.8. The molecule has 2 heterocycles. The molecule has 112 heavy (non-hydrogen) atoms. The van der Waals surface area contributed by atoms with Crippen LogP contribution in [0.25, 0.3) is 10.9 Å². The Bertz CT molecular complexity index is 3990. The van der Waals surface area contributed by atoms with Crippen LogP contribution in [0.5, 0.6) is 0 Å². The van der Waals surface area contributed by atoms with Crippen molar-refractivity contribution in [3.63, 3.8) is 0 Å². The Morgan fingerprint density at radius 2 is 1.28 bits per heavy atom. The van der Waals surface area contributed by atoms with Gasteiger partial charge in [0.1, 0.15) is 36.3 Å². The maximum Gasteiger partial charge on any atom is 0.337 e. The van der Waals surface area contributed by atoms with Crippen LogP contribution in [0, 0.1) is 34.5 Å². The minimum Gasteiger partial charge on any atom is -0.481 e. The number of aliphatic hydroxyl groups is 1. The molecular weight excluding hydrogens is 1460 g/mol. The Balaban J connectivity index is 1.35. The topological polar surface area (TPSA) is 591 Å². The summed E-state index contributed by atoms with van der Waals surface area (Å²) in [5.41, 5.74) is 17.7. The van der Waals surface area contributed by atoms with Gasteiger partial charge in [0.15, 0.2) is 29.2 Å². The van der Waals surface area contributed by atoms with Crippen LogP contribution in [0.15, 0.2) is 54.7 Å². The summed E-state index contributed by atoms with van der Waals surface area (Å²) < 4.78 is 5.74. The quantitative estimate of drug-likeness (QED) is 0.0138. The monoisotopic (exact) mass is 1570 g/mol. The Hall–Kier alpha value is -11.0. The number of carboxylic acids is 2. The number of aromatic nitrogens is 1. The van der Waals surface area contributed by atoms with Crippen molar-refractivity contribution in [2.45, 2.75) is 218 Å². The van der Waals surface area contributed by atoms with Crippen LogP contribution in [0.1, 0.15) is 173 Å². The number of esters is 1. The summed E-state index contributed by atoms with van der Waals surface area (Å²) in [5, 5.41) is 54.5. The van der Waals surface area contributed by atoms with Crippen LogP contribution < -0.4 is 70.4 Å². The van der Waals surface area contributed by atoms with Crippen molar-refractivity contribution in [1.82, 2.24) is 58.2 Å². The average Bonchev–Trinajstić information content (AvgIpc) is 0.812. The molecule has 13 atom stereocenters. The zero-order valence-electron chi connectivity index (χ0n) is 63.8. The number of ketones is 4. The van der Waals surface area contributed by atoms with Crippen molar-refractivity contribution in [2.24, 2.45) is 46.0 Å². The van der Waals surface area contributed by atoms with Crippen LogP contribution in [-0.2, 0) is 92.7 Å². The molecule has 4 aliphatic rings. The maximum atomic E-state index is 14.8. The van der Waals surface area contributed by atoms with Crippen LogP contribution in [-0.4, -0.2) is 207 Å². The van der Waals surface area contributed by atoms with E-state index in [-0.39, 0.29) is 42.8 Å². The predicted octanol–water partition coefficient (Wildman–Crippen LogP) is -0.870. The van der Waals surface area contributed by atoms with E-state index in [9.17, 15) is 102 Å². The second kappa shape index (κ2) is 41.8. The number of primary amides is 1. The number of anilines is 1. The lowest BCUT2D eigenvalue weighted by Crippen LogP contribution is -2.58. The number of aromatic amines is 1. The number of nitrogens with one attached hydrogen (secondary N) is 11. The van der Waals surface area contributed by atoms with Gasteiger partial charge in [-0.3, -0.25) is 81.5 Å². The van der Waals surface area contributed by atoms with Crippen molar-refractivity contribution in [1.29, 1.82) is 0 Å². The fourth-order valence-corrected chi connectivity index (χ4v) is 14.3. The van der Waals surface area contributed by atoms with E-state index >= 15 is 0 Å². The van der Waals surface area contributed by atoms with Gasteiger partial charge in [-0.05, 0) is 113 Å². The molecule has 4 fully saturated rings. The number of para-hydroxylation sites is 2. The molecule has 3 aliphatic carbocycles. The van der Waals surface area contributed by atoms with Crippen LogP contribution in [0.3, 0.4) is 0 Å². The van der Waals surface area contributed by atoms with Gasteiger partial charge >= 0.3 is 17.9 Å². The third-order valence-corrected chi connectivity index (χ3v) is 21.2. The smallest absolute Gasteiger partial charge is 0.337 e. The normalized spacial score (nSPS) is 25.6. The predicted molar refractivity (Wildman–Crippen MR) is 400 cm³/mol. The molecule has 36 heteroatoms. The number of fused-ring (bicyclic) bond motifs is 4. The van der Waals surface area contributed by atoms with E-state index in [1.54, 1.807) is 18.3 Å². The maximum absolute atomic E-state index is 14.8. The first kappa shape index (κ1) is 89.8. The molecule has 0 unspecified atom stereocenters. The van der Waals surface area contributed by atoms with Crippen molar-refractivity contribution >= 4 is 123 Å². The first-order valence-electron chi connectivity index (χ1n) is 37.7. The molecule has 20 N–H and O–H groups in total. The first-order chi connectivity index (χ1) is 52.9. The molecule has 36 nitrogen and oxygen atoms in total. The number of carbonyl (C=O) groups is 18. The number of aliphatic carboxylic acids is 2.